The van der Waals surface area contributed by atoms with Gasteiger partial charge in [-0.05, 0) is 73.1 Å². The van der Waals surface area contributed by atoms with Crippen molar-refractivity contribution in [2.45, 2.75) is 39.2 Å². The van der Waals surface area contributed by atoms with Gasteiger partial charge in [-0.15, -0.1) is 0 Å². The van der Waals surface area contributed by atoms with Crippen molar-refractivity contribution in [2.75, 3.05) is 5.32 Å². The molecular weight excluding hydrogens is 256 g/mol. The van der Waals surface area contributed by atoms with Crippen LogP contribution in [0.1, 0.15) is 40.7 Å². The molecule has 0 heterocycles. The molecule has 0 unspecified atom stereocenters. The molecule has 1 N–H and O–H groups in total. The van der Waals surface area contributed by atoms with E-state index in [1.807, 2.05) is 12.1 Å². The van der Waals surface area contributed by atoms with Crippen LogP contribution in [0.15, 0.2) is 36.4 Å². The predicted molar refractivity (Wildman–Crippen MR) is 86.3 cm³/mol. The van der Waals surface area contributed by atoms with Gasteiger partial charge >= 0.3 is 0 Å². The van der Waals surface area contributed by atoms with Gasteiger partial charge in [0, 0.05) is 12.2 Å². The smallest absolute Gasteiger partial charge is 0.0991 e. The fourth-order valence-corrected chi connectivity index (χ4v) is 3.10. The molecule has 2 nitrogen and oxygen atoms in total. The number of benzene rings is 2. The number of nitrogens with zero attached hydrogens (tertiary/aromatic N) is 1. The summed E-state index contributed by atoms with van der Waals surface area (Å²) in [7, 11) is 0. The standard InChI is InChI=1S/C19H20N2/c1-14-11-15(12-20)9-10-17(14)13-21-19-8-4-6-16-5-2-3-7-18(16)19/h4,6,8-11,21H,2-3,5,7,13H2,1H3. The van der Waals surface area contributed by atoms with Crippen LogP contribution in [0.4, 0.5) is 5.69 Å². The van der Waals surface area contributed by atoms with Crippen molar-refractivity contribution in [2.24, 2.45) is 0 Å². The zero-order valence-corrected chi connectivity index (χ0v) is 12.4. The molecule has 0 fully saturated rings. The molecule has 2 heteroatoms. The highest BCUT2D eigenvalue weighted by Crippen LogP contribution is 2.28. The molecule has 2 aromatic rings. The van der Waals surface area contributed by atoms with E-state index in [2.05, 4.69) is 42.6 Å². The molecule has 0 atom stereocenters. The first-order valence-electron chi connectivity index (χ1n) is 7.62. The summed E-state index contributed by atoms with van der Waals surface area (Å²) < 4.78 is 0. The monoisotopic (exact) mass is 276 g/mol. The van der Waals surface area contributed by atoms with Gasteiger partial charge in [0.15, 0.2) is 0 Å². The summed E-state index contributed by atoms with van der Waals surface area (Å²) >= 11 is 0. The third kappa shape index (κ3) is 2.92. The summed E-state index contributed by atoms with van der Waals surface area (Å²) in [4.78, 5) is 0. The maximum absolute atomic E-state index is 8.93. The Balaban J connectivity index is 1.78. The normalized spacial score (nSPS) is 13.3. The third-order valence-corrected chi connectivity index (χ3v) is 4.34. The third-order valence-electron chi connectivity index (χ3n) is 4.34. The van der Waals surface area contributed by atoms with Crippen molar-refractivity contribution in [3.05, 3.63) is 64.2 Å². The molecule has 1 aliphatic carbocycles. The van der Waals surface area contributed by atoms with Gasteiger partial charge in [-0.3, -0.25) is 0 Å². The van der Waals surface area contributed by atoms with Crippen molar-refractivity contribution in [1.82, 2.24) is 0 Å². The molecule has 106 valence electrons. The van der Waals surface area contributed by atoms with Crippen molar-refractivity contribution in [3.63, 3.8) is 0 Å². The van der Waals surface area contributed by atoms with Gasteiger partial charge in [-0.2, -0.15) is 5.26 Å². The van der Waals surface area contributed by atoms with Gasteiger partial charge in [0.25, 0.3) is 0 Å². The van der Waals surface area contributed by atoms with E-state index < -0.39 is 0 Å². The molecule has 2 aromatic carbocycles. The van der Waals surface area contributed by atoms with Crippen molar-refractivity contribution in [1.29, 1.82) is 5.26 Å². The minimum Gasteiger partial charge on any atom is -0.381 e. The summed E-state index contributed by atoms with van der Waals surface area (Å²) in [6.45, 7) is 2.88. The minimum absolute atomic E-state index is 0.730. The average Bonchev–Trinajstić information content (AvgIpc) is 2.53. The van der Waals surface area contributed by atoms with Crippen LogP contribution in [-0.2, 0) is 19.4 Å². The number of hydrogen-bond acceptors (Lipinski definition) is 2. The minimum atomic E-state index is 0.730. The van der Waals surface area contributed by atoms with Gasteiger partial charge < -0.3 is 5.32 Å². The van der Waals surface area contributed by atoms with Crippen molar-refractivity contribution >= 4 is 5.69 Å². The highest BCUT2D eigenvalue weighted by molar-refractivity contribution is 5.56. The number of hydrogen-bond donors (Lipinski definition) is 1. The number of fused-ring (bicyclic) bond motifs is 1. The number of nitrogens with one attached hydrogen (secondary N) is 1. The maximum atomic E-state index is 8.93. The van der Waals surface area contributed by atoms with Gasteiger partial charge in [-0.25, -0.2) is 0 Å². The van der Waals surface area contributed by atoms with E-state index in [0.717, 1.165) is 12.1 Å². The van der Waals surface area contributed by atoms with E-state index in [1.54, 1.807) is 0 Å². The Bertz CT molecular complexity index is 695. The predicted octanol–water partition coefficient (Wildman–Crippen LogP) is 4.36. The molecule has 0 radical (unpaired) electrons. The van der Waals surface area contributed by atoms with Gasteiger partial charge in [0.05, 0.1) is 11.6 Å². The Morgan fingerprint density at radius 1 is 1.14 bits per heavy atom. The van der Waals surface area contributed by atoms with Crippen LogP contribution in [0, 0.1) is 18.3 Å². The molecule has 21 heavy (non-hydrogen) atoms. The molecule has 0 saturated heterocycles. The van der Waals surface area contributed by atoms with E-state index in [-0.39, 0.29) is 0 Å². The fourth-order valence-electron chi connectivity index (χ4n) is 3.10. The van der Waals surface area contributed by atoms with Gasteiger partial charge in [0.2, 0.25) is 0 Å². The Labute approximate surface area is 126 Å². The van der Waals surface area contributed by atoms with E-state index in [9.17, 15) is 0 Å². The summed E-state index contributed by atoms with van der Waals surface area (Å²) in [6.07, 6.45) is 5.00. The van der Waals surface area contributed by atoms with Gasteiger partial charge in [-0.1, -0.05) is 18.2 Å². The van der Waals surface area contributed by atoms with E-state index in [4.69, 9.17) is 5.26 Å². The Morgan fingerprint density at radius 2 is 2.00 bits per heavy atom. The second-order valence-corrected chi connectivity index (χ2v) is 5.76. The average molecular weight is 276 g/mol. The second kappa shape index (κ2) is 6.01. The van der Waals surface area contributed by atoms with Crippen LogP contribution in [0.25, 0.3) is 0 Å². The van der Waals surface area contributed by atoms with E-state index in [1.165, 1.54) is 53.6 Å². The van der Waals surface area contributed by atoms with Gasteiger partial charge in [0.1, 0.15) is 0 Å². The number of rotatable bonds is 3. The summed E-state index contributed by atoms with van der Waals surface area (Å²) in [5.41, 5.74) is 7.43. The molecule has 1 aliphatic rings. The molecule has 0 amide bonds. The SMILES string of the molecule is Cc1cc(C#N)ccc1CNc1cccc2c1CCCC2. The highest BCUT2D eigenvalue weighted by Gasteiger charge is 2.12. The lowest BCUT2D eigenvalue weighted by atomic mass is 9.90. The highest BCUT2D eigenvalue weighted by atomic mass is 14.9. The van der Waals surface area contributed by atoms with Crippen LogP contribution in [0.3, 0.4) is 0 Å². The fraction of sp³-hybridized carbons (Fsp3) is 0.316. The quantitative estimate of drug-likeness (QED) is 0.904. The van der Waals surface area contributed by atoms with E-state index >= 15 is 0 Å². The van der Waals surface area contributed by atoms with Crippen LogP contribution in [-0.4, -0.2) is 0 Å². The Hall–Kier alpha value is -2.27. The first-order valence-corrected chi connectivity index (χ1v) is 7.62. The number of aryl methyl sites for hydroxylation is 2. The summed E-state index contributed by atoms with van der Waals surface area (Å²) in [5, 5.41) is 12.5. The zero-order valence-electron chi connectivity index (χ0n) is 12.4. The lowest BCUT2D eigenvalue weighted by molar-refractivity contribution is 0.686. The summed E-state index contributed by atoms with van der Waals surface area (Å²) in [5.74, 6) is 0. The second-order valence-electron chi connectivity index (χ2n) is 5.76. The van der Waals surface area contributed by atoms with E-state index in [0.29, 0.717) is 0 Å². The van der Waals surface area contributed by atoms with Crippen LogP contribution >= 0.6 is 0 Å². The topological polar surface area (TPSA) is 35.8 Å². The first-order chi connectivity index (χ1) is 10.3. The zero-order chi connectivity index (χ0) is 14.7. The van der Waals surface area contributed by atoms with Crippen molar-refractivity contribution in [3.8, 4) is 6.07 Å². The Kier molecular flexibility index (Phi) is 3.92. The molecule has 0 bridgehead atoms. The van der Waals surface area contributed by atoms with Crippen LogP contribution < -0.4 is 5.32 Å². The molecular formula is C19H20N2. The molecule has 0 aromatic heterocycles. The largest absolute Gasteiger partial charge is 0.381 e. The lowest BCUT2D eigenvalue weighted by Crippen LogP contribution is -2.09. The lowest BCUT2D eigenvalue weighted by Gasteiger charge is -2.20. The first kappa shape index (κ1) is 13.7. The number of anilines is 1. The molecule has 0 spiro atoms. The Morgan fingerprint density at radius 3 is 2.81 bits per heavy atom. The molecule has 0 aliphatic heterocycles. The number of nitriles is 1. The molecule has 0 saturated carbocycles. The maximum Gasteiger partial charge on any atom is 0.0991 e. The molecule has 3 rings (SSSR count). The summed E-state index contributed by atoms with van der Waals surface area (Å²) in [6, 6.07) is 14.7. The van der Waals surface area contributed by atoms with Crippen LogP contribution in [0.5, 0.6) is 0 Å². The van der Waals surface area contributed by atoms with Crippen molar-refractivity contribution < 1.29 is 0 Å². The van der Waals surface area contributed by atoms with Crippen LogP contribution in [0.2, 0.25) is 0 Å².